The Bertz CT molecular complexity index is 532. The van der Waals surface area contributed by atoms with Gasteiger partial charge in [-0.15, -0.1) is 0 Å². The lowest BCUT2D eigenvalue weighted by molar-refractivity contribution is 0.189. The maximum atomic E-state index is 12.8. The predicted molar refractivity (Wildman–Crippen MR) is 60.2 cm³/mol. The smallest absolute Gasteiger partial charge is 0.245 e. The van der Waals surface area contributed by atoms with Crippen LogP contribution in [0.1, 0.15) is 6.42 Å². The molecule has 94 valence electrons. The quantitative estimate of drug-likeness (QED) is 0.742. The molecule has 1 aliphatic heterocycles. The fraction of sp³-hybridized carbons (Fsp3) is 0.400. The number of anilines is 1. The molecule has 0 unspecified atom stereocenters. The average Bonchev–Trinajstić information content (AvgIpc) is 2.64. The summed E-state index contributed by atoms with van der Waals surface area (Å²) in [7, 11) is -3.74. The molecule has 1 aliphatic rings. The Morgan fingerprint density at radius 2 is 2.18 bits per heavy atom. The van der Waals surface area contributed by atoms with Crippen molar-refractivity contribution in [2.75, 3.05) is 18.8 Å². The van der Waals surface area contributed by atoms with Crippen molar-refractivity contribution in [2.24, 2.45) is 0 Å². The second kappa shape index (κ2) is 4.25. The molecule has 0 aliphatic carbocycles. The number of sulfonamides is 1. The van der Waals surface area contributed by atoms with Crippen LogP contribution in [0.15, 0.2) is 23.1 Å². The monoisotopic (exact) mass is 260 g/mol. The third kappa shape index (κ3) is 2.26. The van der Waals surface area contributed by atoms with Gasteiger partial charge in [-0.2, -0.15) is 4.31 Å². The highest BCUT2D eigenvalue weighted by molar-refractivity contribution is 7.89. The molecule has 1 fully saturated rings. The number of β-amino-alcohol motifs (C(OH)–C–C–N with tert-alkyl or cyclic N) is 1. The summed E-state index contributed by atoms with van der Waals surface area (Å²) in [5.74, 6) is -0.581. The highest BCUT2D eigenvalue weighted by atomic mass is 32.2. The summed E-state index contributed by atoms with van der Waals surface area (Å²) < 4.78 is 38.2. The number of hydrogen-bond acceptors (Lipinski definition) is 4. The first-order valence-electron chi connectivity index (χ1n) is 5.14. The molecule has 1 saturated heterocycles. The van der Waals surface area contributed by atoms with Gasteiger partial charge >= 0.3 is 0 Å². The molecule has 1 heterocycles. The van der Waals surface area contributed by atoms with Crippen LogP contribution in [0, 0.1) is 5.82 Å². The van der Waals surface area contributed by atoms with Crippen LogP contribution in [0.2, 0.25) is 0 Å². The van der Waals surface area contributed by atoms with Crippen molar-refractivity contribution in [1.82, 2.24) is 4.31 Å². The summed E-state index contributed by atoms with van der Waals surface area (Å²) in [6.07, 6.45) is -0.244. The van der Waals surface area contributed by atoms with E-state index < -0.39 is 21.9 Å². The number of halogens is 1. The highest BCUT2D eigenvalue weighted by Crippen LogP contribution is 2.25. The van der Waals surface area contributed by atoms with Crippen molar-refractivity contribution < 1.29 is 17.9 Å². The van der Waals surface area contributed by atoms with Gasteiger partial charge in [-0.1, -0.05) is 0 Å². The zero-order valence-corrected chi connectivity index (χ0v) is 9.82. The first-order valence-corrected chi connectivity index (χ1v) is 6.58. The summed E-state index contributed by atoms with van der Waals surface area (Å²) in [5, 5.41) is 9.33. The minimum Gasteiger partial charge on any atom is -0.398 e. The zero-order valence-electron chi connectivity index (χ0n) is 9.01. The van der Waals surface area contributed by atoms with Gasteiger partial charge in [0.25, 0.3) is 0 Å². The number of hydrogen-bond donors (Lipinski definition) is 2. The van der Waals surface area contributed by atoms with Gasteiger partial charge in [-0.25, -0.2) is 12.8 Å². The molecule has 1 aromatic carbocycles. The van der Waals surface area contributed by atoms with Crippen LogP contribution >= 0.6 is 0 Å². The Kier molecular flexibility index (Phi) is 3.07. The van der Waals surface area contributed by atoms with Crippen molar-refractivity contribution in [1.29, 1.82) is 0 Å². The van der Waals surface area contributed by atoms with Crippen LogP contribution < -0.4 is 5.73 Å². The van der Waals surface area contributed by atoms with E-state index in [0.717, 1.165) is 22.5 Å². The molecule has 0 radical (unpaired) electrons. The lowest BCUT2D eigenvalue weighted by Gasteiger charge is -2.16. The summed E-state index contributed by atoms with van der Waals surface area (Å²) in [5.41, 5.74) is 5.38. The number of benzene rings is 1. The predicted octanol–water partition coefficient (Wildman–Crippen LogP) is 0.163. The van der Waals surface area contributed by atoms with Gasteiger partial charge in [-0.3, -0.25) is 0 Å². The minimum atomic E-state index is -3.74. The molecule has 1 atom stereocenters. The van der Waals surface area contributed by atoms with E-state index in [1.807, 2.05) is 0 Å². The lowest BCUT2D eigenvalue weighted by atomic mass is 10.3. The Labute approximate surface area is 98.7 Å². The van der Waals surface area contributed by atoms with E-state index in [0.29, 0.717) is 6.42 Å². The normalized spacial score (nSPS) is 21.9. The maximum Gasteiger partial charge on any atom is 0.245 e. The number of nitrogens with zero attached hydrogens (tertiary/aromatic N) is 1. The number of aliphatic hydroxyl groups excluding tert-OH is 1. The van der Waals surface area contributed by atoms with Crippen LogP contribution in [0.5, 0.6) is 0 Å². The third-order valence-electron chi connectivity index (χ3n) is 2.72. The van der Waals surface area contributed by atoms with E-state index in [9.17, 15) is 17.9 Å². The standard InChI is InChI=1S/C10H13FN2O3S/c11-7-1-2-10(9(12)5-7)17(15,16)13-4-3-8(14)6-13/h1-2,5,8,14H,3-4,6,12H2/t8-/m1/s1. The second-order valence-corrected chi connectivity index (χ2v) is 5.89. The summed E-state index contributed by atoms with van der Waals surface area (Å²) in [4.78, 5) is -0.118. The van der Waals surface area contributed by atoms with Crippen LogP contribution in [0.3, 0.4) is 0 Å². The van der Waals surface area contributed by atoms with Gasteiger partial charge in [-0.05, 0) is 24.6 Å². The number of aliphatic hydroxyl groups is 1. The first kappa shape index (κ1) is 12.3. The van der Waals surface area contributed by atoms with Crippen molar-refractivity contribution >= 4 is 15.7 Å². The van der Waals surface area contributed by atoms with E-state index >= 15 is 0 Å². The van der Waals surface area contributed by atoms with Crippen molar-refractivity contribution in [2.45, 2.75) is 17.4 Å². The van der Waals surface area contributed by atoms with E-state index in [4.69, 9.17) is 5.73 Å². The lowest BCUT2D eigenvalue weighted by Crippen LogP contribution is -2.30. The zero-order chi connectivity index (χ0) is 12.6. The molecule has 17 heavy (non-hydrogen) atoms. The Morgan fingerprint density at radius 1 is 1.47 bits per heavy atom. The summed E-state index contributed by atoms with van der Waals surface area (Å²) >= 11 is 0. The highest BCUT2D eigenvalue weighted by Gasteiger charge is 2.32. The van der Waals surface area contributed by atoms with Crippen LogP contribution in [-0.2, 0) is 10.0 Å². The minimum absolute atomic E-state index is 0.0547. The Morgan fingerprint density at radius 3 is 2.71 bits per heavy atom. The maximum absolute atomic E-state index is 12.8. The van der Waals surface area contributed by atoms with Crippen LogP contribution in [0.25, 0.3) is 0 Å². The van der Waals surface area contributed by atoms with E-state index in [-0.39, 0.29) is 23.7 Å². The molecule has 5 nitrogen and oxygen atoms in total. The van der Waals surface area contributed by atoms with Gasteiger partial charge < -0.3 is 10.8 Å². The largest absolute Gasteiger partial charge is 0.398 e. The molecule has 0 saturated carbocycles. The molecule has 0 bridgehead atoms. The number of nitrogens with two attached hydrogens (primary N) is 1. The molecule has 1 aromatic rings. The van der Waals surface area contributed by atoms with Gasteiger partial charge in [0, 0.05) is 13.1 Å². The molecular formula is C10H13FN2O3S. The van der Waals surface area contributed by atoms with Crippen molar-refractivity contribution in [3.63, 3.8) is 0 Å². The molecular weight excluding hydrogens is 247 g/mol. The van der Waals surface area contributed by atoms with Crippen molar-refractivity contribution in [3.8, 4) is 0 Å². The Hall–Kier alpha value is -1.18. The second-order valence-electron chi connectivity index (χ2n) is 3.99. The Balaban J connectivity index is 2.38. The molecule has 0 spiro atoms. The molecule has 7 heteroatoms. The summed E-state index contributed by atoms with van der Waals surface area (Å²) in [6, 6.07) is 3.17. The number of rotatable bonds is 2. The van der Waals surface area contributed by atoms with Gasteiger partial charge in [0.2, 0.25) is 10.0 Å². The topological polar surface area (TPSA) is 83.6 Å². The molecule has 2 rings (SSSR count). The summed E-state index contributed by atoms with van der Waals surface area (Å²) in [6.45, 7) is 0.305. The molecule has 0 aromatic heterocycles. The van der Waals surface area contributed by atoms with E-state index in [2.05, 4.69) is 0 Å². The van der Waals surface area contributed by atoms with E-state index in [1.165, 1.54) is 0 Å². The third-order valence-corrected chi connectivity index (χ3v) is 4.65. The van der Waals surface area contributed by atoms with Crippen molar-refractivity contribution in [3.05, 3.63) is 24.0 Å². The fourth-order valence-corrected chi connectivity index (χ4v) is 3.41. The molecule has 0 amide bonds. The fourth-order valence-electron chi connectivity index (χ4n) is 1.82. The van der Waals surface area contributed by atoms with E-state index in [1.54, 1.807) is 0 Å². The average molecular weight is 260 g/mol. The first-order chi connectivity index (χ1) is 7.91. The number of nitrogen functional groups attached to an aromatic ring is 1. The van der Waals surface area contributed by atoms with Gasteiger partial charge in [0.15, 0.2) is 0 Å². The van der Waals surface area contributed by atoms with Crippen LogP contribution in [-0.4, -0.2) is 37.0 Å². The SMILES string of the molecule is Nc1cc(F)ccc1S(=O)(=O)N1CC[C@@H](O)C1. The molecule has 3 N–H and O–H groups in total. The van der Waals surface area contributed by atoms with Gasteiger partial charge in [0.05, 0.1) is 11.8 Å². The van der Waals surface area contributed by atoms with Crippen LogP contribution in [0.4, 0.5) is 10.1 Å². The van der Waals surface area contributed by atoms with Gasteiger partial charge in [0.1, 0.15) is 10.7 Å².